The zero-order chi connectivity index (χ0) is 50.6. The van der Waals surface area contributed by atoms with Gasteiger partial charge in [-0.25, -0.2) is 0 Å². The van der Waals surface area contributed by atoms with Gasteiger partial charge in [-0.2, -0.15) is 0 Å². The average Bonchev–Trinajstić information content (AvgIpc) is 3.24. The van der Waals surface area contributed by atoms with Crippen molar-refractivity contribution in [2.75, 3.05) is 14.2 Å². The van der Waals surface area contributed by atoms with Crippen LogP contribution < -0.4 is 9.47 Å². The number of ether oxygens (including phenoxy) is 2. The first-order valence-electron chi connectivity index (χ1n) is 22.1. The summed E-state index contributed by atoms with van der Waals surface area (Å²) in [4.78, 5) is 26.2. The molecule has 6 N–H and O–H groups in total. The van der Waals surface area contributed by atoms with E-state index >= 15 is 0 Å². The Balaban J connectivity index is -0.000000793. The summed E-state index contributed by atoms with van der Waals surface area (Å²) in [5.41, 5.74) is 11.0. The molecule has 0 spiro atoms. The van der Waals surface area contributed by atoms with Crippen LogP contribution in [0.1, 0.15) is 95.0 Å². The molecule has 70 heavy (non-hydrogen) atoms. The van der Waals surface area contributed by atoms with Gasteiger partial charge >= 0.3 is 0 Å². The molecule has 0 fully saturated rings. The molecule has 3 radical (unpaired) electrons. The predicted octanol–water partition coefficient (Wildman–Crippen LogP) is 8.11. The summed E-state index contributed by atoms with van der Waals surface area (Å²) in [5, 5.41) is 51.4. The largest absolute Gasteiger partial charge is 0.540 e. The molecule has 6 atom stereocenters. The molecule has 0 aliphatic heterocycles. The third kappa shape index (κ3) is 30.8. The number of benzene rings is 3. The average molecular weight is 1500 g/mol. The van der Waals surface area contributed by atoms with E-state index in [0.29, 0.717) is 19.3 Å². The standard InChI is InChI=1S/2C13H13N2O.C12H11N2.3C5H12O2.3Ir/c1-9-8-14-13(10(2)15-9)11-4-6-12(16-3)7-5-11;1-9-8-14-13(10(2)15-9)11-5-4-6-12(7-11)16-3;1-9-8-13-12(10(2)14-9)11-6-4-3-5-7-11;3*1-4(6)3-5(2)7;;;/h2*4,6-8H,1-3H3;3-6,8H,1-2H3;3*4-7H,3H2,1-2H3;;;/q3*-1;;;;;;. The number of nitrogens with zero attached hydrogens (tertiary/aromatic N) is 6. The van der Waals surface area contributed by atoms with Gasteiger partial charge in [0.15, 0.2) is 0 Å². The molecule has 3 heterocycles. The first-order chi connectivity index (χ1) is 31.6. The Morgan fingerprint density at radius 2 is 0.800 bits per heavy atom. The van der Waals surface area contributed by atoms with Crippen LogP contribution in [0.4, 0.5) is 0 Å². The molecule has 17 heteroatoms. The van der Waals surface area contributed by atoms with E-state index in [1.807, 2.05) is 96.1 Å². The first kappa shape index (κ1) is 70.5. The SMILES string of the molecule is CC(O)CC(C)O.CC(O)CC(C)O.CC(O)CC(C)O.COc1c[c-]c(-c2ncc(C)nc2C)cc1.COc1cc[c-]c(-c2ncc(C)nc2C)c1.Cc1cnc(-c2[c-]cccc2)c(C)n1.[Ir].[Ir].[Ir]. The number of hydrogen-bond acceptors (Lipinski definition) is 14. The monoisotopic (exact) mass is 1500 g/mol. The quantitative estimate of drug-likeness (QED) is 0.0676. The fourth-order valence-electron chi connectivity index (χ4n) is 6.00. The van der Waals surface area contributed by atoms with Crippen LogP contribution in [-0.2, 0) is 60.3 Å². The van der Waals surface area contributed by atoms with Crippen molar-refractivity contribution in [3.8, 4) is 45.3 Å². The van der Waals surface area contributed by atoms with Crippen molar-refractivity contribution >= 4 is 0 Å². The fourth-order valence-corrected chi connectivity index (χ4v) is 6.00. The first-order valence-corrected chi connectivity index (χ1v) is 22.1. The van der Waals surface area contributed by atoms with Gasteiger partial charge in [0.1, 0.15) is 0 Å². The molecule has 3 aromatic carbocycles. The Morgan fingerprint density at radius 1 is 0.443 bits per heavy atom. The second kappa shape index (κ2) is 38.8. The maximum absolute atomic E-state index is 8.56. The number of aliphatic hydroxyl groups excluding tert-OH is 6. The van der Waals surface area contributed by atoms with Gasteiger partial charge in [-0.1, -0.05) is 0 Å². The van der Waals surface area contributed by atoms with Gasteiger partial charge < -0.3 is 55.1 Å². The van der Waals surface area contributed by atoms with Gasteiger partial charge in [-0.3, -0.25) is 15.0 Å². The van der Waals surface area contributed by atoms with Crippen LogP contribution in [0, 0.1) is 59.7 Å². The molecule has 6 rings (SSSR count). The van der Waals surface area contributed by atoms with E-state index in [1.165, 1.54) is 0 Å². The normalized spacial score (nSPS) is 12.3. The maximum atomic E-state index is 8.56. The Hall–Kier alpha value is -3.79. The number of aryl methyl sites for hydroxylation is 6. The number of rotatable bonds is 11. The smallest absolute Gasteiger partial charge is 0.0751 e. The van der Waals surface area contributed by atoms with E-state index in [-0.39, 0.29) is 96.9 Å². The summed E-state index contributed by atoms with van der Waals surface area (Å²) in [6.45, 7) is 21.6. The van der Waals surface area contributed by atoms with Crippen molar-refractivity contribution in [2.24, 2.45) is 0 Å². The number of hydrogen-bond donors (Lipinski definition) is 6. The molecule has 0 saturated carbocycles. The van der Waals surface area contributed by atoms with Crippen LogP contribution in [0.25, 0.3) is 33.8 Å². The number of methoxy groups -OCH3 is 2. The Kier molecular flexibility index (Phi) is 39.1. The molecule has 0 amide bonds. The van der Waals surface area contributed by atoms with E-state index in [0.717, 1.165) is 79.4 Å². The molecule has 0 aliphatic rings. The third-order valence-electron chi connectivity index (χ3n) is 8.75. The summed E-state index contributed by atoms with van der Waals surface area (Å²) in [5.74, 6) is 1.59. The maximum Gasteiger partial charge on any atom is 0.0751 e. The van der Waals surface area contributed by atoms with E-state index in [1.54, 1.807) is 80.4 Å². The van der Waals surface area contributed by atoms with Gasteiger partial charge in [-0.05, 0) is 102 Å². The zero-order valence-corrected chi connectivity index (χ0v) is 50.0. The van der Waals surface area contributed by atoms with Crippen LogP contribution in [0.5, 0.6) is 11.5 Å². The van der Waals surface area contributed by atoms with E-state index in [4.69, 9.17) is 40.1 Å². The van der Waals surface area contributed by atoms with Crippen molar-refractivity contribution in [1.29, 1.82) is 0 Å². The van der Waals surface area contributed by atoms with Gasteiger partial charge in [0.25, 0.3) is 0 Å². The molecule has 14 nitrogen and oxygen atoms in total. The van der Waals surface area contributed by atoms with E-state index < -0.39 is 0 Å². The third-order valence-corrected chi connectivity index (χ3v) is 8.75. The molecule has 0 saturated heterocycles. The van der Waals surface area contributed by atoms with Gasteiger partial charge in [0, 0.05) is 125 Å². The molecular formula is C53H73Ir3N6O8-3. The van der Waals surface area contributed by atoms with Crippen molar-refractivity contribution in [2.45, 2.75) is 139 Å². The van der Waals surface area contributed by atoms with Crippen molar-refractivity contribution in [1.82, 2.24) is 29.9 Å². The molecule has 3 aromatic heterocycles. The molecule has 6 unspecified atom stereocenters. The van der Waals surface area contributed by atoms with Crippen LogP contribution in [0.3, 0.4) is 0 Å². The summed E-state index contributed by atoms with van der Waals surface area (Å²) in [7, 11) is 3.28. The summed E-state index contributed by atoms with van der Waals surface area (Å²) in [6, 6.07) is 28.5. The van der Waals surface area contributed by atoms with Crippen molar-refractivity contribution in [3.63, 3.8) is 0 Å². The topological polar surface area (TPSA) is 217 Å². The van der Waals surface area contributed by atoms with Crippen LogP contribution in [0.15, 0.2) is 79.3 Å². The van der Waals surface area contributed by atoms with Crippen molar-refractivity contribution < 1.29 is 100 Å². The molecule has 0 aliphatic carbocycles. The van der Waals surface area contributed by atoms with Crippen molar-refractivity contribution in [3.05, 3.63) is 132 Å². The minimum Gasteiger partial charge on any atom is -0.540 e. The second-order valence-electron chi connectivity index (χ2n) is 16.2. The van der Waals surface area contributed by atoms with E-state index in [2.05, 4.69) is 48.1 Å². The summed E-state index contributed by atoms with van der Waals surface area (Å²) in [6.07, 6.45) is 4.47. The predicted molar refractivity (Wildman–Crippen MR) is 264 cm³/mol. The zero-order valence-electron chi connectivity index (χ0n) is 42.8. The number of aromatic nitrogens is 6. The van der Waals surface area contributed by atoms with Crippen LogP contribution in [-0.4, -0.2) is 111 Å². The molecular weight excluding hydrogens is 1430 g/mol. The van der Waals surface area contributed by atoms with E-state index in [9.17, 15) is 0 Å². The Morgan fingerprint density at radius 3 is 1.09 bits per heavy atom. The van der Waals surface area contributed by atoms with Gasteiger partial charge in [-0.15, -0.1) is 95.6 Å². The molecule has 393 valence electrons. The molecule has 0 bridgehead atoms. The second-order valence-corrected chi connectivity index (χ2v) is 16.2. The van der Waals surface area contributed by atoms with Gasteiger partial charge in [0.05, 0.1) is 67.9 Å². The number of aliphatic hydroxyl groups is 6. The Bertz CT molecular complexity index is 2220. The van der Waals surface area contributed by atoms with Crippen LogP contribution in [0.2, 0.25) is 0 Å². The minimum atomic E-state index is -0.375. The summed E-state index contributed by atoms with van der Waals surface area (Å²) < 4.78 is 10.3. The molecule has 6 aromatic rings. The van der Waals surface area contributed by atoms with Crippen LogP contribution >= 0.6 is 0 Å². The fraction of sp³-hybridized carbons (Fsp3) is 0.434. The van der Waals surface area contributed by atoms with Gasteiger partial charge in [0.2, 0.25) is 0 Å². The minimum absolute atomic E-state index is 0. The summed E-state index contributed by atoms with van der Waals surface area (Å²) >= 11 is 0. The Labute approximate surface area is 457 Å².